The van der Waals surface area contributed by atoms with Crippen molar-refractivity contribution in [2.75, 3.05) is 10.5 Å². The lowest BCUT2D eigenvalue weighted by Crippen LogP contribution is -2.10. The van der Waals surface area contributed by atoms with Gasteiger partial charge < -0.3 is 4.72 Å². The van der Waals surface area contributed by atoms with Gasteiger partial charge in [-0.15, -0.1) is 11.3 Å². The Balaban J connectivity index is 2.13. The minimum atomic E-state index is -0.321. The van der Waals surface area contributed by atoms with Crippen LogP contribution in [0.15, 0.2) is 30.5 Å². The van der Waals surface area contributed by atoms with Gasteiger partial charge in [0.2, 0.25) is 5.28 Å². The average molecular weight is 437 g/mol. The molecule has 0 saturated carbocycles. The molecule has 0 amide bonds. The van der Waals surface area contributed by atoms with E-state index < -0.39 is 0 Å². The summed E-state index contributed by atoms with van der Waals surface area (Å²) in [5, 5.41) is 1.06. The molecular formula is C20H22ClFN4S2. The highest BCUT2D eigenvalue weighted by Crippen LogP contribution is 2.41. The topological polar surface area (TPSA) is 50.7 Å². The first kappa shape index (κ1) is 21.0. The third-order valence-corrected chi connectivity index (χ3v) is 6.53. The Morgan fingerprint density at radius 1 is 1.21 bits per heavy atom. The Morgan fingerprint density at radius 3 is 2.68 bits per heavy atom. The largest absolute Gasteiger partial charge is 0.327 e. The fourth-order valence-corrected chi connectivity index (χ4v) is 4.36. The van der Waals surface area contributed by atoms with Gasteiger partial charge in [-0.05, 0) is 36.2 Å². The zero-order chi connectivity index (χ0) is 20.3. The van der Waals surface area contributed by atoms with Crippen LogP contribution in [0.5, 0.6) is 0 Å². The van der Waals surface area contributed by atoms with Gasteiger partial charge in [0.05, 0.1) is 27.0 Å². The van der Waals surface area contributed by atoms with Crippen LogP contribution in [0.3, 0.4) is 0 Å². The van der Waals surface area contributed by atoms with E-state index in [1.165, 1.54) is 23.3 Å². The molecule has 0 aliphatic carbocycles. The number of thiazole rings is 1. The third-order valence-electron chi connectivity index (χ3n) is 3.87. The highest BCUT2D eigenvalue weighted by Gasteiger charge is 2.25. The second kappa shape index (κ2) is 8.76. The second-order valence-corrected chi connectivity index (χ2v) is 9.51. The van der Waals surface area contributed by atoms with Crippen molar-refractivity contribution < 1.29 is 4.39 Å². The summed E-state index contributed by atoms with van der Waals surface area (Å²) in [5.74, 6) is 0.581. The molecule has 0 radical (unpaired) electrons. The van der Waals surface area contributed by atoms with E-state index in [0.717, 1.165) is 22.1 Å². The second-order valence-electron chi connectivity index (χ2n) is 7.28. The molecule has 4 nitrogen and oxygen atoms in total. The van der Waals surface area contributed by atoms with Crippen molar-refractivity contribution in [3.8, 4) is 21.8 Å². The van der Waals surface area contributed by atoms with Crippen molar-refractivity contribution in [1.29, 1.82) is 0 Å². The van der Waals surface area contributed by atoms with Gasteiger partial charge >= 0.3 is 0 Å². The molecule has 28 heavy (non-hydrogen) atoms. The van der Waals surface area contributed by atoms with Gasteiger partial charge in [0.25, 0.3) is 0 Å². The Labute approximate surface area is 178 Å². The molecule has 0 atom stereocenters. The quantitative estimate of drug-likeness (QED) is 0.261. The molecule has 0 saturated heterocycles. The number of rotatable bonds is 6. The van der Waals surface area contributed by atoms with E-state index in [-0.39, 0.29) is 16.5 Å². The first-order valence-corrected chi connectivity index (χ1v) is 11.2. The molecule has 0 aliphatic rings. The summed E-state index contributed by atoms with van der Waals surface area (Å²) >= 11 is 8.99. The van der Waals surface area contributed by atoms with Crippen LogP contribution in [-0.2, 0) is 5.41 Å². The SMILES string of the molecule is CCCSNc1cccc(-c2nc(C(C)(C)C)sc2-c2ccnc(Cl)n2)c1F. The van der Waals surface area contributed by atoms with Gasteiger partial charge in [-0.25, -0.2) is 19.3 Å². The number of aromatic nitrogens is 3. The molecule has 2 aromatic heterocycles. The number of halogens is 2. The molecule has 8 heteroatoms. The first-order chi connectivity index (χ1) is 13.3. The van der Waals surface area contributed by atoms with E-state index in [9.17, 15) is 0 Å². The molecule has 0 spiro atoms. The number of anilines is 1. The molecule has 0 aliphatic heterocycles. The molecule has 0 unspecified atom stereocenters. The highest BCUT2D eigenvalue weighted by atomic mass is 35.5. The number of hydrogen-bond donors (Lipinski definition) is 1. The van der Waals surface area contributed by atoms with E-state index in [1.807, 2.05) is 6.07 Å². The minimum Gasteiger partial charge on any atom is -0.327 e. The summed E-state index contributed by atoms with van der Waals surface area (Å²) in [5.41, 5.74) is 1.94. The number of nitrogens with zero attached hydrogens (tertiary/aromatic N) is 3. The Morgan fingerprint density at radius 2 is 2.00 bits per heavy atom. The predicted molar refractivity (Wildman–Crippen MR) is 119 cm³/mol. The van der Waals surface area contributed by atoms with Gasteiger partial charge in [0, 0.05) is 22.9 Å². The van der Waals surface area contributed by atoms with Crippen LogP contribution in [0.2, 0.25) is 5.28 Å². The fourth-order valence-electron chi connectivity index (χ4n) is 2.48. The first-order valence-electron chi connectivity index (χ1n) is 8.98. The minimum absolute atomic E-state index is 0.154. The maximum atomic E-state index is 15.3. The summed E-state index contributed by atoms with van der Waals surface area (Å²) in [6.07, 6.45) is 2.61. The number of nitrogens with one attached hydrogen (secondary N) is 1. The summed E-state index contributed by atoms with van der Waals surface area (Å²) in [7, 11) is 0. The molecule has 0 fully saturated rings. The van der Waals surface area contributed by atoms with E-state index in [0.29, 0.717) is 22.6 Å². The van der Waals surface area contributed by atoms with Crippen molar-refractivity contribution >= 4 is 40.6 Å². The maximum absolute atomic E-state index is 15.3. The molecule has 2 heterocycles. The van der Waals surface area contributed by atoms with Crippen molar-refractivity contribution in [1.82, 2.24) is 15.0 Å². The van der Waals surface area contributed by atoms with Crippen LogP contribution in [0.1, 0.15) is 39.1 Å². The molecule has 0 bridgehead atoms. The molecule has 1 aromatic carbocycles. The Bertz CT molecular complexity index is 969. The summed E-state index contributed by atoms with van der Waals surface area (Å²) in [6, 6.07) is 7.09. The summed E-state index contributed by atoms with van der Waals surface area (Å²) in [4.78, 5) is 13.8. The monoisotopic (exact) mass is 436 g/mol. The van der Waals surface area contributed by atoms with E-state index >= 15 is 4.39 Å². The Hall–Kier alpha value is -1.70. The van der Waals surface area contributed by atoms with Gasteiger partial charge in [0.15, 0.2) is 5.82 Å². The van der Waals surface area contributed by atoms with Crippen molar-refractivity contribution in [3.05, 3.63) is 46.6 Å². The van der Waals surface area contributed by atoms with Gasteiger partial charge in [0.1, 0.15) is 0 Å². The van der Waals surface area contributed by atoms with Gasteiger partial charge in [-0.2, -0.15) is 0 Å². The lowest BCUT2D eigenvalue weighted by molar-refractivity contribution is 0.585. The third kappa shape index (κ3) is 4.64. The van der Waals surface area contributed by atoms with Crippen LogP contribution in [-0.4, -0.2) is 20.7 Å². The van der Waals surface area contributed by atoms with E-state index in [4.69, 9.17) is 16.6 Å². The highest BCUT2D eigenvalue weighted by molar-refractivity contribution is 8.00. The van der Waals surface area contributed by atoms with Crippen LogP contribution >= 0.6 is 34.9 Å². The standard InChI is InChI=1S/C20H22ClFN4S2/c1-5-11-27-26-13-8-6-7-12(15(13)22)16-17(14-9-10-23-19(21)24-14)28-18(25-16)20(2,3)4/h6-10,26H,5,11H2,1-4H3. The van der Waals surface area contributed by atoms with E-state index in [1.54, 1.807) is 24.4 Å². The predicted octanol–water partition coefficient (Wildman–Crippen LogP) is 6.83. The molecular weight excluding hydrogens is 415 g/mol. The van der Waals surface area contributed by atoms with Gasteiger partial charge in [-0.3, -0.25) is 0 Å². The average Bonchev–Trinajstić information content (AvgIpc) is 3.09. The smallest absolute Gasteiger partial charge is 0.222 e. The van der Waals surface area contributed by atoms with Crippen LogP contribution in [0.4, 0.5) is 10.1 Å². The zero-order valence-corrected chi connectivity index (χ0v) is 18.6. The van der Waals surface area contributed by atoms with Gasteiger partial charge in [-0.1, -0.05) is 45.7 Å². The fraction of sp³-hybridized carbons (Fsp3) is 0.350. The lowest BCUT2D eigenvalue weighted by Gasteiger charge is -2.13. The molecule has 1 N–H and O–H groups in total. The number of hydrogen-bond acceptors (Lipinski definition) is 6. The summed E-state index contributed by atoms with van der Waals surface area (Å²) < 4.78 is 18.4. The van der Waals surface area contributed by atoms with E-state index in [2.05, 4.69) is 42.4 Å². The lowest BCUT2D eigenvalue weighted by atomic mass is 9.98. The van der Waals surface area contributed by atoms with Crippen LogP contribution < -0.4 is 4.72 Å². The number of benzene rings is 1. The Kier molecular flexibility index (Phi) is 6.58. The van der Waals surface area contributed by atoms with Crippen LogP contribution in [0, 0.1) is 5.82 Å². The van der Waals surface area contributed by atoms with Crippen molar-refractivity contribution in [2.45, 2.75) is 39.5 Å². The zero-order valence-electron chi connectivity index (χ0n) is 16.2. The normalized spacial score (nSPS) is 11.6. The van der Waals surface area contributed by atoms with Crippen molar-refractivity contribution in [2.24, 2.45) is 0 Å². The van der Waals surface area contributed by atoms with Crippen LogP contribution in [0.25, 0.3) is 21.8 Å². The van der Waals surface area contributed by atoms with Crippen molar-refractivity contribution in [3.63, 3.8) is 0 Å². The molecule has 148 valence electrons. The molecule has 3 aromatic rings. The molecule has 3 rings (SSSR count). The summed E-state index contributed by atoms with van der Waals surface area (Å²) in [6.45, 7) is 8.34. The maximum Gasteiger partial charge on any atom is 0.222 e.